The summed E-state index contributed by atoms with van der Waals surface area (Å²) in [4.78, 5) is 10.5. The molecule has 22 heavy (non-hydrogen) atoms. The Bertz CT molecular complexity index is 778. The fourth-order valence-electron chi connectivity index (χ4n) is 2.92. The molecule has 0 fully saturated rings. The second-order valence-electron chi connectivity index (χ2n) is 6.42. The van der Waals surface area contributed by atoms with E-state index in [9.17, 15) is 9.46 Å². The molecule has 0 aliphatic carbocycles. The highest BCUT2D eigenvalue weighted by molar-refractivity contribution is 7.62. The standard InChI is InChI=1S/C18H21O3P/c1-11(2)13-9-15(12(3)4)18-16(10-13)14-7-5-6-8-17(14)21-22(18,19)20/h5-12H,1-4H3,(H,19,20). The van der Waals surface area contributed by atoms with Crippen LogP contribution in [0.5, 0.6) is 5.75 Å². The Balaban J connectivity index is 2.41. The van der Waals surface area contributed by atoms with Gasteiger partial charge in [-0.25, -0.2) is 4.57 Å². The molecule has 1 N–H and O–H groups in total. The van der Waals surface area contributed by atoms with Crippen LogP contribution in [-0.2, 0) is 4.57 Å². The van der Waals surface area contributed by atoms with E-state index in [4.69, 9.17) is 4.52 Å². The Morgan fingerprint density at radius 1 is 1.00 bits per heavy atom. The van der Waals surface area contributed by atoms with Crippen LogP contribution < -0.4 is 9.83 Å². The number of rotatable bonds is 2. The van der Waals surface area contributed by atoms with E-state index >= 15 is 0 Å². The van der Waals surface area contributed by atoms with Crippen LogP contribution in [0.25, 0.3) is 11.1 Å². The fraction of sp³-hybridized carbons (Fsp3) is 0.333. The van der Waals surface area contributed by atoms with Crippen LogP contribution in [0.15, 0.2) is 36.4 Å². The molecule has 2 aromatic rings. The second kappa shape index (κ2) is 5.26. The van der Waals surface area contributed by atoms with Crippen LogP contribution in [-0.4, -0.2) is 4.89 Å². The normalized spacial score (nSPS) is 19.8. The number of hydrogen-bond acceptors (Lipinski definition) is 2. The van der Waals surface area contributed by atoms with Crippen LogP contribution >= 0.6 is 7.60 Å². The van der Waals surface area contributed by atoms with Gasteiger partial charge in [-0.05, 0) is 35.1 Å². The summed E-state index contributed by atoms with van der Waals surface area (Å²) in [5.74, 6) is 0.995. The molecule has 1 atom stereocenters. The molecule has 0 spiro atoms. The van der Waals surface area contributed by atoms with Crippen molar-refractivity contribution in [3.05, 3.63) is 47.5 Å². The molecule has 116 valence electrons. The predicted molar refractivity (Wildman–Crippen MR) is 90.1 cm³/mol. The lowest BCUT2D eigenvalue weighted by Gasteiger charge is -2.29. The summed E-state index contributed by atoms with van der Waals surface area (Å²) in [6.45, 7) is 8.35. The van der Waals surface area contributed by atoms with Crippen molar-refractivity contribution in [3.8, 4) is 16.9 Å². The molecule has 0 aromatic heterocycles. The number of fused-ring (bicyclic) bond motifs is 3. The maximum Gasteiger partial charge on any atom is 0.409 e. The topological polar surface area (TPSA) is 46.5 Å². The van der Waals surface area contributed by atoms with Gasteiger partial charge in [-0.15, -0.1) is 0 Å². The van der Waals surface area contributed by atoms with Crippen molar-refractivity contribution >= 4 is 12.9 Å². The first-order valence-electron chi connectivity index (χ1n) is 7.61. The van der Waals surface area contributed by atoms with Crippen molar-refractivity contribution in [1.82, 2.24) is 0 Å². The average molecular weight is 316 g/mol. The van der Waals surface area contributed by atoms with E-state index in [0.29, 0.717) is 17.0 Å². The van der Waals surface area contributed by atoms with E-state index in [0.717, 1.165) is 16.7 Å². The molecule has 1 heterocycles. The Kier molecular flexibility index (Phi) is 3.66. The number of para-hydroxylation sites is 1. The summed E-state index contributed by atoms with van der Waals surface area (Å²) in [6, 6.07) is 11.5. The summed E-state index contributed by atoms with van der Waals surface area (Å²) in [7, 11) is -3.85. The van der Waals surface area contributed by atoms with Gasteiger partial charge in [0.1, 0.15) is 5.75 Å². The summed E-state index contributed by atoms with van der Waals surface area (Å²) in [5.41, 5.74) is 3.81. The molecule has 1 aliphatic heterocycles. The molecule has 3 rings (SSSR count). The van der Waals surface area contributed by atoms with Crippen LogP contribution in [0.3, 0.4) is 0 Å². The van der Waals surface area contributed by atoms with Crippen LogP contribution in [0.2, 0.25) is 0 Å². The first-order valence-corrected chi connectivity index (χ1v) is 9.19. The zero-order valence-electron chi connectivity index (χ0n) is 13.3. The lowest BCUT2D eigenvalue weighted by molar-refractivity contribution is 0.392. The molecule has 4 heteroatoms. The third-order valence-corrected chi connectivity index (χ3v) is 5.64. The van der Waals surface area contributed by atoms with E-state index in [1.54, 1.807) is 6.07 Å². The average Bonchev–Trinajstić information content (AvgIpc) is 2.45. The zero-order valence-corrected chi connectivity index (χ0v) is 14.2. The predicted octanol–water partition coefficient (Wildman–Crippen LogP) is 4.80. The van der Waals surface area contributed by atoms with Crippen molar-refractivity contribution in [1.29, 1.82) is 0 Å². The Hall–Kier alpha value is -1.57. The highest BCUT2D eigenvalue weighted by atomic mass is 31.2. The summed E-state index contributed by atoms with van der Waals surface area (Å²) in [6.07, 6.45) is 0. The first-order chi connectivity index (χ1) is 10.3. The van der Waals surface area contributed by atoms with Gasteiger partial charge in [0.05, 0.1) is 5.30 Å². The second-order valence-corrected chi connectivity index (χ2v) is 8.09. The molecule has 3 nitrogen and oxygen atoms in total. The van der Waals surface area contributed by atoms with Gasteiger partial charge in [0, 0.05) is 11.1 Å². The smallest absolute Gasteiger partial charge is 0.409 e. The molecule has 2 aromatic carbocycles. The largest absolute Gasteiger partial charge is 0.421 e. The summed E-state index contributed by atoms with van der Waals surface area (Å²) >= 11 is 0. The fourth-order valence-corrected chi connectivity index (χ4v) is 4.58. The van der Waals surface area contributed by atoms with Gasteiger partial charge in [0.25, 0.3) is 0 Å². The van der Waals surface area contributed by atoms with Gasteiger partial charge in [0.2, 0.25) is 0 Å². The van der Waals surface area contributed by atoms with Gasteiger partial charge in [-0.2, -0.15) is 0 Å². The Labute approximate surface area is 131 Å². The molecule has 0 bridgehead atoms. The molecule has 0 radical (unpaired) electrons. The molecule has 0 amide bonds. The lowest BCUT2D eigenvalue weighted by Crippen LogP contribution is -2.23. The summed E-state index contributed by atoms with van der Waals surface area (Å²) in [5, 5.41) is 0.464. The van der Waals surface area contributed by atoms with Crippen LogP contribution in [0.1, 0.15) is 50.7 Å². The molecule has 1 unspecified atom stereocenters. The number of benzene rings is 2. The monoisotopic (exact) mass is 316 g/mol. The minimum Gasteiger partial charge on any atom is -0.421 e. The number of hydrogen-bond donors (Lipinski definition) is 1. The van der Waals surface area contributed by atoms with E-state index in [2.05, 4.69) is 13.8 Å². The molecule has 1 aliphatic rings. The SMILES string of the molecule is CC(C)c1cc2c(c(C(C)C)c1)P(=O)(O)Oc1ccccc1-2. The van der Waals surface area contributed by atoms with Gasteiger partial charge in [-0.3, -0.25) is 0 Å². The van der Waals surface area contributed by atoms with E-state index in [1.807, 2.05) is 44.2 Å². The quantitative estimate of drug-likeness (QED) is 0.809. The van der Waals surface area contributed by atoms with Crippen molar-refractivity contribution in [2.24, 2.45) is 0 Å². The van der Waals surface area contributed by atoms with Gasteiger partial charge < -0.3 is 9.42 Å². The van der Waals surface area contributed by atoms with Gasteiger partial charge in [0.15, 0.2) is 0 Å². The highest BCUT2D eigenvalue weighted by Crippen LogP contribution is 2.53. The van der Waals surface area contributed by atoms with Crippen molar-refractivity contribution in [2.75, 3.05) is 0 Å². The third-order valence-electron chi connectivity index (χ3n) is 4.13. The van der Waals surface area contributed by atoms with Crippen LogP contribution in [0.4, 0.5) is 0 Å². The minimum absolute atomic E-state index is 0.154. The lowest BCUT2D eigenvalue weighted by atomic mass is 9.90. The van der Waals surface area contributed by atoms with E-state index in [1.165, 1.54) is 5.56 Å². The third kappa shape index (κ3) is 2.39. The Morgan fingerprint density at radius 2 is 1.68 bits per heavy atom. The molecular formula is C18H21O3P. The van der Waals surface area contributed by atoms with Crippen LogP contribution in [0, 0.1) is 0 Å². The zero-order chi connectivity index (χ0) is 16.1. The maximum atomic E-state index is 12.8. The van der Waals surface area contributed by atoms with Gasteiger partial charge >= 0.3 is 7.60 Å². The summed E-state index contributed by atoms with van der Waals surface area (Å²) < 4.78 is 18.2. The maximum absolute atomic E-state index is 12.8. The van der Waals surface area contributed by atoms with Crippen molar-refractivity contribution in [3.63, 3.8) is 0 Å². The molecule has 0 saturated carbocycles. The van der Waals surface area contributed by atoms with E-state index < -0.39 is 7.60 Å². The molecular weight excluding hydrogens is 295 g/mol. The Morgan fingerprint density at radius 3 is 2.32 bits per heavy atom. The van der Waals surface area contributed by atoms with Gasteiger partial charge in [-0.1, -0.05) is 52.0 Å². The highest BCUT2D eigenvalue weighted by Gasteiger charge is 2.37. The minimum atomic E-state index is -3.85. The van der Waals surface area contributed by atoms with E-state index in [-0.39, 0.29) is 5.92 Å². The van der Waals surface area contributed by atoms with Crippen molar-refractivity contribution in [2.45, 2.75) is 39.5 Å². The molecule has 0 saturated heterocycles. The first kappa shape index (κ1) is 15.3. The van der Waals surface area contributed by atoms with Crippen molar-refractivity contribution < 1.29 is 14.0 Å².